The molecule has 0 fully saturated rings. The van der Waals surface area contributed by atoms with E-state index in [0.717, 1.165) is 6.26 Å². The molecule has 0 saturated heterocycles. The number of rotatable bonds is 6. The van der Waals surface area contributed by atoms with Crippen LogP contribution >= 0.6 is 0 Å². The van der Waals surface area contributed by atoms with Gasteiger partial charge in [0.1, 0.15) is 0 Å². The van der Waals surface area contributed by atoms with Crippen molar-refractivity contribution in [2.45, 2.75) is 26.7 Å². The SMILES string of the molecule is CCCS(=O)(=O)n1nc(CC)cc1OS(C)(=O)=O. The summed E-state index contributed by atoms with van der Waals surface area (Å²) in [5.41, 5.74) is 0.452. The molecular weight excluding hydrogens is 280 g/mol. The molecule has 0 atom stereocenters. The molecule has 0 bridgehead atoms. The van der Waals surface area contributed by atoms with E-state index in [4.69, 9.17) is 0 Å². The molecule has 0 aliphatic carbocycles. The van der Waals surface area contributed by atoms with Gasteiger partial charge >= 0.3 is 10.1 Å². The van der Waals surface area contributed by atoms with E-state index < -0.39 is 20.1 Å². The molecule has 0 aliphatic heterocycles. The molecule has 1 rings (SSSR count). The average molecular weight is 296 g/mol. The van der Waals surface area contributed by atoms with Crippen molar-refractivity contribution in [1.82, 2.24) is 9.19 Å². The molecule has 9 heteroatoms. The second-order valence-corrected chi connectivity index (χ2v) is 7.27. The maximum absolute atomic E-state index is 11.9. The van der Waals surface area contributed by atoms with Crippen LogP contribution in [0.5, 0.6) is 5.88 Å². The van der Waals surface area contributed by atoms with Gasteiger partial charge in [-0.2, -0.15) is 13.5 Å². The van der Waals surface area contributed by atoms with Gasteiger partial charge in [0.25, 0.3) is 10.0 Å². The molecule has 18 heavy (non-hydrogen) atoms. The van der Waals surface area contributed by atoms with Gasteiger partial charge in [-0.3, -0.25) is 0 Å². The first-order valence-electron chi connectivity index (χ1n) is 5.41. The van der Waals surface area contributed by atoms with Crippen LogP contribution < -0.4 is 4.18 Å². The summed E-state index contributed by atoms with van der Waals surface area (Å²) in [6.07, 6.45) is 1.74. The van der Waals surface area contributed by atoms with Crippen LogP contribution in [-0.2, 0) is 26.6 Å². The van der Waals surface area contributed by atoms with Gasteiger partial charge in [-0.1, -0.05) is 13.8 Å². The molecule has 0 amide bonds. The highest BCUT2D eigenvalue weighted by Gasteiger charge is 2.22. The maximum Gasteiger partial charge on any atom is 0.307 e. The van der Waals surface area contributed by atoms with Crippen molar-refractivity contribution in [3.63, 3.8) is 0 Å². The van der Waals surface area contributed by atoms with Crippen LogP contribution in [-0.4, -0.2) is 38.0 Å². The van der Waals surface area contributed by atoms with Crippen LogP contribution in [0.3, 0.4) is 0 Å². The van der Waals surface area contributed by atoms with Gasteiger partial charge in [0.15, 0.2) is 0 Å². The van der Waals surface area contributed by atoms with Gasteiger partial charge in [-0.25, -0.2) is 8.42 Å². The van der Waals surface area contributed by atoms with Crippen molar-refractivity contribution >= 4 is 20.1 Å². The fourth-order valence-corrected chi connectivity index (χ4v) is 3.08. The zero-order chi connectivity index (χ0) is 14.0. The molecule has 0 aliphatic rings. The molecule has 0 unspecified atom stereocenters. The lowest BCUT2D eigenvalue weighted by Gasteiger charge is -2.06. The minimum atomic E-state index is -3.80. The third-order valence-electron chi connectivity index (χ3n) is 2.02. The third-order valence-corrected chi connectivity index (χ3v) is 4.21. The molecule has 0 saturated carbocycles. The topological polar surface area (TPSA) is 95.3 Å². The summed E-state index contributed by atoms with van der Waals surface area (Å²) in [7, 11) is -7.48. The van der Waals surface area contributed by atoms with Crippen LogP contribution in [0.4, 0.5) is 0 Å². The van der Waals surface area contributed by atoms with E-state index in [-0.39, 0.29) is 11.6 Å². The average Bonchev–Trinajstić information content (AvgIpc) is 2.59. The molecule has 0 N–H and O–H groups in total. The molecule has 1 heterocycles. The van der Waals surface area contributed by atoms with Gasteiger partial charge in [0, 0.05) is 6.07 Å². The van der Waals surface area contributed by atoms with Crippen LogP contribution in [0.15, 0.2) is 6.07 Å². The standard InChI is InChI=1S/C9H16N2O5S2/c1-4-6-18(14,15)11-9(16-17(3,12)13)7-8(5-2)10-11/h7H,4-6H2,1-3H3. The largest absolute Gasteiger partial charge is 0.361 e. The number of hydrogen-bond acceptors (Lipinski definition) is 6. The molecular formula is C9H16N2O5S2. The Morgan fingerprint density at radius 1 is 1.28 bits per heavy atom. The molecule has 7 nitrogen and oxygen atoms in total. The summed E-state index contributed by atoms with van der Waals surface area (Å²) in [6, 6.07) is 1.31. The normalized spacial score (nSPS) is 12.6. The number of nitrogens with zero attached hydrogens (tertiary/aromatic N) is 2. The third kappa shape index (κ3) is 3.70. The van der Waals surface area contributed by atoms with E-state index >= 15 is 0 Å². The van der Waals surface area contributed by atoms with Crippen molar-refractivity contribution < 1.29 is 21.0 Å². The lowest BCUT2D eigenvalue weighted by atomic mass is 10.3. The van der Waals surface area contributed by atoms with Crippen molar-refractivity contribution in [2.75, 3.05) is 12.0 Å². The Balaban J connectivity index is 3.30. The first kappa shape index (κ1) is 15.0. The Morgan fingerprint density at radius 3 is 2.33 bits per heavy atom. The van der Waals surface area contributed by atoms with Crippen molar-refractivity contribution in [3.05, 3.63) is 11.8 Å². The molecule has 0 radical (unpaired) electrons. The summed E-state index contributed by atoms with van der Waals surface area (Å²) in [6.45, 7) is 3.49. The summed E-state index contributed by atoms with van der Waals surface area (Å²) in [5, 5.41) is 3.84. The fraction of sp³-hybridized carbons (Fsp3) is 0.667. The van der Waals surface area contributed by atoms with Gasteiger partial charge in [0.2, 0.25) is 5.88 Å². The fourth-order valence-electron chi connectivity index (χ4n) is 1.32. The highest BCUT2D eigenvalue weighted by molar-refractivity contribution is 7.90. The molecule has 0 spiro atoms. The minimum Gasteiger partial charge on any atom is -0.361 e. The zero-order valence-corrected chi connectivity index (χ0v) is 12.1. The van der Waals surface area contributed by atoms with Crippen LogP contribution in [0.2, 0.25) is 0 Å². The summed E-state index contributed by atoms with van der Waals surface area (Å²) < 4.78 is 51.2. The van der Waals surface area contributed by atoms with E-state index in [1.807, 2.05) is 0 Å². The summed E-state index contributed by atoms with van der Waals surface area (Å²) >= 11 is 0. The maximum atomic E-state index is 11.9. The Hall–Kier alpha value is -1.09. The predicted octanol–water partition coefficient (Wildman–Crippen LogP) is 0.372. The van der Waals surface area contributed by atoms with Crippen LogP contribution in [0, 0.1) is 0 Å². The zero-order valence-electron chi connectivity index (χ0n) is 10.5. The molecule has 104 valence electrons. The van der Waals surface area contributed by atoms with E-state index in [1.54, 1.807) is 13.8 Å². The quantitative estimate of drug-likeness (QED) is 0.704. The predicted molar refractivity (Wildman–Crippen MR) is 66.6 cm³/mol. The van der Waals surface area contributed by atoms with Gasteiger partial charge in [-0.05, 0) is 12.8 Å². The lowest BCUT2D eigenvalue weighted by molar-refractivity contribution is 0.472. The Bertz CT molecular complexity index is 615. The van der Waals surface area contributed by atoms with Gasteiger partial charge < -0.3 is 4.18 Å². The minimum absolute atomic E-state index is 0.127. The first-order chi connectivity index (χ1) is 8.19. The first-order valence-corrected chi connectivity index (χ1v) is 8.83. The van der Waals surface area contributed by atoms with Crippen molar-refractivity contribution in [1.29, 1.82) is 0 Å². The second-order valence-electron chi connectivity index (χ2n) is 3.77. The Labute approximate surface area is 107 Å². The smallest absolute Gasteiger partial charge is 0.307 e. The summed E-state index contributed by atoms with van der Waals surface area (Å²) in [4.78, 5) is 0. The second kappa shape index (κ2) is 5.27. The van der Waals surface area contributed by atoms with Gasteiger partial charge in [0.05, 0.1) is 17.7 Å². The number of aromatic nitrogens is 2. The van der Waals surface area contributed by atoms with Crippen LogP contribution in [0.25, 0.3) is 0 Å². The molecule has 0 aromatic carbocycles. The highest BCUT2D eigenvalue weighted by atomic mass is 32.2. The number of hydrogen-bond donors (Lipinski definition) is 0. The van der Waals surface area contributed by atoms with Crippen molar-refractivity contribution in [2.24, 2.45) is 0 Å². The summed E-state index contributed by atoms with van der Waals surface area (Å²) in [5.74, 6) is -0.416. The van der Waals surface area contributed by atoms with Crippen LogP contribution in [0.1, 0.15) is 26.0 Å². The van der Waals surface area contributed by atoms with E-state index in [1.165, 1.54) is 6.07 Å². The highest BCUT2D eigenvalue weighted by Crippen LogP contribution is 2.19. The van der Waals surface area contributed by atoms with Gasteiger partial charge in [-0.15, -0.1) is 4.09 Å². The van der Waals surface area contributed by atoms with E-state index in [9.17, 15) is 16.8 Å². The Kier molecular flexibility index (Phi) is 4.38. The lowest BCUT2D eigenvalue weighted by Crippen LogP contribution is -2.20. The number of aryl methyl sites for hydroxylation is 1. The Morgan fingerprint density at radius 2 is 1.89 bits per heavy atom. The van der Waals surface area contributed by atoms with E-state index in [0.29, 0.717) is 22.6 Å². The van der Waals surface area contributed by atoms with E-state index in [2.05, 4.69) is 9.28 Å². The van der Waals surface area contributed by atoms with Crippen molar-refractivity contribution in [3.8, 4) is 5.88 Å². The molecule has 1 aromatic rings. The monoisotopic (exact) mass is 296 g/mol. The molecule has 1 aromatic heterocycles.